The van der Waals surface area contributed by atoms with Crippen LogP contribution < -0.4 is 16.4 Å². The molecule has 0 saturated carbocycles. The molecule has 4 nitrogen and oxygen atoms in total. The van der Waals surface area contributed by atoms with Gasteiger partial charge in [-0.25, -0.2) is 18.0 Å². The summed E-state index contributed by atoms with van der Waals surface area (Å²) in [4.78, 5) is 11.6. The molecule has 0 radical (unpaired) electrons. The second-order valence-electron chi connectivity index (χ2n) is 3.94. The van der Waals surface area contributed by atoms with Crippen LogP contribution in [0.5, 0.6) is 0 Å². The van der Waals surface area contributed by atoms with E-state index in [1.54, 1.807) is 0 Å². The van der Waals surface area contributed by atoms with Gasteiger partial charge in [0.05, 0.1) is 5.69 Å². The van der Waals surface area contributed by atoms with Crippen molar-refractivity contribution in [1.82, 2.24) is 0 Å². The molecule has 0 aliphatic heterocycles. The first-order valence-electron chi connectivity index (χ1n) is 5.54. The average Bonchev–Trinajstić information content (AvgIpc) is 2.36. The monoisotopic (exact) mass is 281 g/mol. The SMILES string of the molecule is Nc1cc(F)cc(F)c1NC(=O)Nc1ccc(F)cc1. The Hall–Kier alpha value is -2.70. The van der Waals surface area contributed by atoms with Crippen molar-refractivity contribution in [1.29, 1.82) is 0 Å². The Morgan fingerprint density at radius 2 is 1.60 bits per heavy atom. The van der Waals surface area contributed by atoms with E-state index < -0.39 is 23.5 Å². The molecule has 4 N–H and O–H groups in total. The van der Waals surface area contributed by atoms with Crippen molar-refractivity contribution in [3.8, 4) is 0 Å². The van der Waals surface area contributed by atoms with E-state index in [-0.39, 0.29) is 11.4 Å². The Bertz CT molecular complexity index is 621. The van der Waals surface area contributed by atoms with Crippen LogP contribution in [-0.4, -0.2) is 6.03 Å². The molecule has 0 bridgehead atoms. The summed E-state index contributed by atoms with van der Waals surface area (Å²) in [5.74, 6) is -2.29. The molecule has 7 heteroatoms. The third-order valence-corrected chi connectivity index (χ3v) is 2.43. The molecular formula is C13H10F3N3O. The topological polar surface area (TPSA) is 67.1 Å². The Morgan fingerprint density at radius 1 is 0.950 bits per heavy atom. The second kappa shape index (κ2) is 5.52. The van der Waals surface area contributed by atoms with E-state index in [0.29, 0.717) is 11.8 Å². The fourth-order valence-electron chi connectivity index (χ4n) is 1.53. The Morgan fingerprint density at radius 3 is 2.20 bits per heavy atom. The van der Waals surface area contributed by atoms with Gasteiger partial charge < -0.3 is 16.4 Å². The van der Waals surface area contributed by atoms with Crippen molar-refractivity contribution < 1.29 is 18.0 Å². The molecule has 0 heterocycles. The van der Waals surface area contributed by atoms with Gasteiger partial charge in [0, 0.05) is 11.8 Å². The summed E-state index contributed by atoms with van der Waals surface area (Å²) in [7, 11) is 0. The molecule has 0 aromatic heterocycles. The molecular weight excluding hydrogens is 271 g/mol. The van der Waals surface area contributed by atoms with Gasteiger partial charge in [-0.05, 0) is 30.3 Å². The van der Waals surface area contributed by atoms with Crippen molar-refractivity contribution in [2.24, 2.45) is 0 Å². The van der Waals surface area contributed by atoms with Crippen LogP contribution in [0.4, 0.5) is 35.0 Å². The van der Waals surface area contributed by atoms with Crippen molar-refractivity contribution in [3.05, 3.63) is 53.8 Å². The van der Waals surface area contributed by atoms with Crippen LogP contribution in [0.1, 0.15) is 0 Å². The zero-order valence-electron chi connectivity index (χ0n) is 10.1. The molecule has 0 aliphatic rings. The third-order valence-electron chi connectivity index (χ3n) is 2.43. The van der Waals surface area contributed by atoms with E-state index in [2.05, 4.69) is 10.6 Å². The number of hydrogen-bond donors (Lipinski definition) is 3. The van der Waals surface area contributed by atoms with Crippen molar-refractivity contribution in [3.63, 3.8) is 0 Å². The maximum Gasteiger partial charge on any atom is 0.323 e. The minimum atomic E-state index is -0.989. The molecule has 0 spiro atoms. The van der Waals surface area contributed by atoms with E-state index in [4.69, 9.17) is 5.73 Å². The Kier molecular flexibility index (Phi) is 3.79. The molecule has 0 fully saturated rings. The van der Waals surface area contributed by atoms with E-state index in [1.807, 2.05) is 0 Å². The number of carbonyl (C=O) groups excluding carboxylic acids is 1. The predicted octanol–water partition coefficient (Wildman–Crippen LogP) is 3.33. The number of nitrogen functional groups attached to an aromatic ring is 1. The van der Waals surface area contributed by atoms with E-state index >= 15 is 0 Å². The summed E-state index contributed by atoms with van der Waals surface area (Å²) < 4.78 is 39.0. The summed E-state index contributed by atoms with van der Waals surface area (Å²) >= 11 is 0. The maximum absolute atomic E-state index is 13.5. The summed E-state index contributed by atoms with van der Waals surface area (Å²) in [5.41, 5.74) is 5.15. The molecule has 0 atom stereocenters. The lowest BCUT2D eigenvalue weighted by Gasteiger charge is -2.10. The molecule has 2 aromatic carbocycles. The smallest absolute Gasteiger partial charge is 0.323 e. The largest absolute Gasteiger partial charge is 0.397 e. The van der Waals surface area contributed by atoms with Crippen LogP contribution in [0.15, 0.2) is 36.4 Å². The zero-order valence-corrected chi connectivity index (χ0v) is 10.1. The van der Waals surface area contributed by atoms with Crippen molar-refractivity contribution in [2.45, 2.75) is 0 Å². The third kappa shape index (κ3) is 3.19. The molecule has 0 saturated heterocycles. The first kappa shape index (κ1) is 13.7. The van der Waals surface area contributed by atoms with Crippen LogP contribution >= 0.6 is 0 Å². The van der Waals surface area contributed by atoms with E-state index in [0.717, 1.165) is 18.2 Å². The van der Waals surface area contributed by atoms with Gasteiger partial charge in [-0.15, -0.1) is 0 Å². The van der Waals surface area contributed by atoms with Gasteiger partial charge >= 0.3 is 6.03 Å². The average molecular weight is 281 g/mol. The van der Waals surface area contributed by atoms with Crippen LogP contribution in [0.3, 0.4) is 0 Å². The highest BCUT2D eigenvalue weighted by Gasteiger charge is 2.12. The first-order valence-corrected chi connectivity index (χ1v) is 5.54. The van der Waals surface area contributed by atoms with Gasteiger partial charge in [-0.2, -0.15) is 0 Å². The lowest BCUT2D eigenvalue weighted by atomic mass is 10.2. The molecule has 2 rings (SSSR count). The molecule has 0 aliphatic carbocycles. The highest BCUT2D eigenvalue weighted by atomic mass is 19.1. The molecule has 0 unspecified atom stereocenters. The number of halogens is 3. The zero-order chi connectivity index (χ0) is 14.7. The first-order chi connectivity index (χ1) is 9.45. The minimum absolute atomic E-state index is 0.239. The summed E-state index contributed by atoms with van der Waals surface area (Å²) in [6, 6.07) is 5.68. The van der Waals surface area contributed by atoms with Crippen LogP contribution in [0.25, 0.3) is 0 Å². The standard InChI is InChI=1S/C13H10F3N3O/c14-7-1-3-9(4-2-7)18-13(20)19-12-10(16)5-8(15)6-11(12)17/h1-6H,17H2,(H2,18,19,20). The lowest BCUT2D eigenvalue weighted by molar-refractivity contribution is 0.262. The Labute approximate surface area is 112 Å². The number of nitrogens with two attached hydrogens (primary N) is 1. The van der Waals surface area contributed by atoms with E-state index in [1.165, 1.54) is 12.1 Å². The van der Waals surface area contributed by atoms with Gasteiger partial charge in [0.15, 0.2) is 5.82 Å². The number of benzene rings is 2. The summed E-state index contributed by atoms with van der Waals surface area (Å²) in [6.45, 7) is 0. The number of anilines is 3. The number of rotatable bonds is 2. The normalized spacial score (nSPS) is 10.2. The van der Waals surface area contributed by atoms with Gasteiger partial charge in [0.25, 0.3) is 0 Å². The molecule has 2 aromatic rings. The molecule has 2 amide bonds. The number of amides is 2. The van der Waals surface area contributed by atoms with Crippen LogP contribution in [0.2, 0.25) is 0 Å². The minimum Gasteiger partial charge on any atom is -0.397 e. The van der Waals surface area contributed by atoms with Gasteiger partial charge in [0.2, 0.25) is 0 Å². The lowest BCUT2D eigenvalue weighted by Crippen LogP contribution is -2.21. The second-order valence-corrected chi connectivity index (χ2v) is 3.94. The number of urea groups is 1. The maximum atomic E-state index is 13.5. The summed E-state index contributed by atoms with van der Waals surface area (Å²) in [5, 5.41) is 4.51. The highest BCUT2D eigenvalue weighted by Crippen LogP contribution is 2.24. The number of nitrogens with one attached hydrogen (secondary N) is 2. The van der Waals surface area contributed by atoms with E-state index in [9.17, 15) is 18.0 Å². The van der Waals surface area contributed by atoms with Gasteiger partial charge in [0.1, 0.15) is 17.3 Å². The van der Waals surface area contributed by atoms with Crippen molar-refractivity contribution >= 4 is 23.1 Å². The predicted molar refractivity (Wildman–Crippen MR) is 69.8 cm³/mol. The van der Waals surface area contributed by atoms with Crippen molar-refractivity contribution in [2.75, 3.05) is 16.4 Å². The summed E-state index contributed by atoms with van der Waals surface area (Å²) in [6.07, 6.45) is 0. The number of carbonyl (C=O) groups is 1. The fourth-order valence-corrected chi connectivity index (χ4v) is 1.53. The quantitative estimate of drug-likeness (QED) is 0.739. The fraction of sp³-hybridized carbons (Fsp3) is 0. The van der Waals surface area contributed by atoms with Crippen LogP contribution in [-0.2, 0) is 0 Å². The van der Waals surface area contributed by atoms with Crippen LogP contribution in [0, 0.1) is 17.5 Å². The molecule has 20 heavy (non-hydrogen) atoms. The highest BCUT2D eigenvalue weighted by molar-refractivity contribution is 6.01. The Balaban J connectivity index is 2.10. The molecule has 104 valence electrons. The number of hydrogen-bond acceptors (Lipinski definition) is 2. The van der Waals surface area contributed by atoms with Gasteiger partial charge in [-0.3, -0.25) is 0 Å². The van der Waals surface area contributed by atoms with Gasteiger partial charge in [-0.1, -0.05) is 0 Å².